The average Bonchev–Trinajstić information content (AvgIpc) is 2.87. The molecule has 0 bridgehead atoms. The van der Waals surface area contributed by atoms with Gasteiger partial charge in [0, 0.05) is 6.04 Å². The van der Waals surface area contributed by atoms with Crippen molar-refractivity contribution < 1.29 is 4.79 Å². The van der Waals surface area contributed by atoms with E-state index < -0.39 is 6.04 Å². The first-order valence-corrected chi connectivity index (χ1v) is 8.86. The summed E-state index contributed by atoms with van der Waals surface area (Å²) in [5.41, 5.74) is 13.5. The highest BCUT2D eigenvalue weighted by molar-refractivity contribution is 5.85. The highest BCUT2D eigenvalue weighted by Gasteiger charge is 2.32. The van der Waals surface area contributed by atoms with E-state index in [0.717, 1.165) is 17.9 Å². The van der Waals surface area contributed by atoms with Crippen molar-refractivity contribution in [1.82, 2.24) is 16.2 Å². The third-order valence-electron chi connectivity index (χ3n) is 5.16. The maximum absolute atomic E-state index is 12.3. The van der Waals surface area contributed by atoms with Crippen LogP contribution >= 0.6 is 12.4 Å². The van der Waals surface area contributed by atoms with Gasteiger partial charge >= 0.3 is 0 Å². The quantitative estimate of drug-likeness (QED) is 0.627. The maximum Gasteiger partial charge on any atom is 0.242 e. The molecule has 3 unspecified atom stereocenters. The zero-order chi connectivity index (χ0) is 16.1. The van der Waals surface area contributed by atoms with Crippen LogP contribution in [-0.2, 0) is 4.79 Å². The Labute approximate surface area is 150 Å². The van der Waals surface area contributed by atoms with Gasteiger partial charge in [-0.05, 0) is 30.7 Å². The molecule has 0 radical (unpaired) electrons. The molecular formula is C18H29ClN4O. The van der Waals surface area contributed by atoms with Crippen LogP contribution in [0.5, 0.6) is 0 Å². The minimum absolute atomic E-state index is 0. The summed E-state index contributed by atoms with van der Waals surface area (Å²) in [7, 11) is 0. The number of benzene rings is 1. The monoisotopic (exact) mass is 352 g/mol. The van der Waals surface area contributed by atoms with Gasteiger partial charge in [0.1, 0.15) is 6.04 Å². The summed E-state index contributed by atoms with van der Waals surface area (Å²) in [5, 5.41) is 3.02. The van der Waals surface area contributed by atoms with Crippen molar-refractivity contribution in [2.75, 3.05) is 0 Å². The summed E-state index contributed by atoms with van der Waals surface area (Å²) in [6.45, 7) is 0. The number of carbonyl (C=O) groups is 1. The van der Waals surface area contributed by atoms with Crippen LogP contribution in [0.3, 0.4) is 0 Å². The lowest BCUT2D eigenvalue weighted by Gasteiger charge is -2.21. The normalized spacial score (nSPS) is 26.2. The molecule has 0 spiro atoms. The van der Waals surface area contributed by atoms with E-state index in [1.54, 1.807) is 0 Å². The number of hydrazine groups is 1. The lowest BCUT2D eigenvalue weighted by atomic mass is 9.90. The van der Waals surface area contributed by atoms with E-state index in [1.165, 1.54) is 38.5 Å². The predicted molar refractivity (Wildman–Crippen MR) is 98.4 cm³/mol. The number of hydrogen-bond acceptors (Lipinski definition) is 4. The van der Waals surface area contributed by atoms with E-state index in [9.17, 15) is 4.79 Å². The smallest absolute Gasteiger partial charge is 0.242 e. The van der Waals surface area contributed by atoms with E-state index in [2.05, 4.69) is 16.2 Å². The van der Waals surface area contributed by atoms with Crippen molar-refractivity contribution in [2.45, 2.75) is 63.2 Å². The molecule has 1 heterocycles. The topological polar surface area (TPSA) is 79.2 Å². The molecule has 1 aromatic rings. The van der Waals surface area contributed by atoms with Crippen LogP contribution in [0, 0.1) is 5.92 Å². The van der Waals surface area contributed by atoms with Crippen molar-refractivity contribution in [2.24, 2.45) is 11.7 Å². The fourth-order valence-corrected chi connectivity index (χ4v) is 3.77. The van der Waals surface area contributed by atoms with Crippen molar-refractivity contribution in [3.05, 3.63) is 35.9 Å². The van der Waals surface area contributed by atoms with Gasteiger partial charge in [0.05, 0.1) is 6.17 Å². The van der Waals surface area contributed by atoms with Crippen molar-refractivity contribution in [3.8, 4) is 0 Å². The number of halogens is 1. The highest BCUT2D eigenvalue weighted by Crippen LogP contribution is 2.28. The van der Waals surface area contributed by atoms with Gasteiger partial charge in [-0.15, -0.1) is 12.4 Å². The first-order valence-electron chi connectivity index (χ1n) is 8.86. The third-order valence-corrected chi connectivity index (χ3v) is 5.16. The molecule has 134 valence electrons. The lowest BCUT2D eigenvalue weighted by molar-refractivity contribution is -0.123. The summed E-state index contributed by atoms with van der Waals surface area (Å²) < 4.78 is 0. The lowest BCUT2D eigenvalue weighted by Crippen LogP contribution is -2.47. The minimum atomic E-state index is -0.616. The molecule has 2 fully saturated rings. The SMILES string of the molecule is Cl.NC(C(=O)NC1CC(C2CCCCCC2)NN1)c1ccccc1. The molecule has 3 atom stereocenters. The zero-order valence-electron chi connectivity index (χ0n) is 14.0. The van der Waals surface area contributed by atoms with E-state index in [0.29, 0.717) is 6.04 Å². The third kappa shape index (κ3) is 4.93. The minimum Gasteiger partial charge on any atom is -0.338 e. The van der Waals surface area contributed by atoms with Gasteiger partial charge in [0.2, 0.25) is 5.91 Å². The Hall–Kier alpha value is -1.14. The van der Waals surface area contributed by atoms with Gasteiger partial charge in [0.15, 0.2) is 0 Å². The van der Waals surface area contributed by atoms with E-state index in [-0.39, 0.29) is 24.5 Å². The zero-order valence-corrected chi connectivity index (χ0v) is 14.9. The molecule has 1 saturated carbocycles. The second kappa shape index (κ2) is 9.37. The van der Waals surface area contributed by atoms with Crippen LogP contribution in [0.2, 0.25) is 0 Å². The standard InChI is InChI=1S/C18H28N4O.ClH/c19-17(14-10-6-3-7-11-14)18(23)20-16-12-15(21-22-16)13-8-4-1-2-5-9-13;/h3,6-7,10-11,13,15-17,21-22H,1-2,4-5,8-9,12,19H2,(H,20,23);1H. The second-order valence-corrected chi connectivity index (χ2v) is 6.83. The Morgan fingerprint density at radius 2 is 1.75 bits per heavy atom. The Morgan fingerprint density at radius 1 is 1.08 bits per heavy atom. The average molecular weight is 353 g/mol. The summed E-state index contributed by atoms with van der Waals surface area (Å²) in [6, 6.07) is 9.34. The Balaban J connectivity index is 0.00000208. The second-order valence-electron chi connectivity index (χ2n) is 6.83. The van der Waals surface area contributed by atoms with Crippen molar-refractivity contribution >= 4 is 18.3 Å². The molecule has 0 aromatic heterocycles. The molecule has 6 heteroatoms. The summed E-state index contributed by atoms with van der Waals surface area (Å²) in [4.78, 5) is 12.3. The molecule has 2 aliphatic rings. The molecular weight excluding hydrogens is 324 g/mol. The fraction of sp³-hybridized carbons (Fsp3) is 0.611. The van der Waals surface area contributed by atoms with E-state index in [1.807, 2.05) is 30.3 Å². The number of nitrogens with two attached hydrogens (primary N) is 1. The van der Waals surface area contributed by atoms with Crippen molar-refractivity contribution in [3.63, 3.8) is 0 Å². The largest absolute Gasteiger partial charge is 0.338 e. The fourth-order valence-electron chi connectivity index (χ4n) is 3.77. The van der Waals surface area contributed by atoms with Crippen LogP contribution in [0.15, 0.2) is 30.3 Å². The van der Waals surface area contributed by atoms with Crippen LogP contribution in [0.1, 0.15) is 56.6 Å². The van der Waals surface area contributed by atoms with Gasteiger partial charge in [0.25, 0.3) is 0 Å². The van der Waals surface area contributed by atoms with E-state index >= 15 is 0 Å². The van der Waals surface area contributed by atoms with Crippen LogP contribution in [0.4, 0.5) is 0 Å². The molecule has 1 amide bonds. The molecule has 5 nitrogen and oxygen atoms in total. The van der Waals surface area contributed by atoms with Gasteiger partial charge in [-0.3, -0.25) is 10.2 Å². The molecule has 1 aliphatic heterocycles. The van der Waals surface area contributed by atoms with E-state index in [4.69, 9.17) is 5.73 Å². The van der Waals surface area contributed by atoms with Gasteiger partial charge in [-0.1, -0.05) is 56.0 Å². The Bertz CT molecular complexity index is 505. The first-order chi connectivity index (χ1) is 11.2. The number of amides is 1. The number of hydrogen-bond donors (Lipinski definition) is 4. The number of carbonyl (C=O) groups excluding carboxylic acids is 1. The number of rotatable bonds is 4. The molecule has 24 heavy (non-hydrogen) atoms. The molecule has 3 rings (SSSR count). The van der Waals surface area contributed by atoms with Crippen LogP contribution in [-0.4, -0.2) is 18.1 Å². The van der Waals surface area contributed by atoms with Crippen molar-refractivity contribution in [1.29, 1.82) is 0 Å². The van der Waals surface area contributed by atoms with Crippen LogP contribution in [0.25, 0.3) is 0 Å². The summed E-state index contributed by atoms with van der Waals surface area (Å²) in [6.07, 6.45) is 8.87. The van der Waals surface area contributed by atoms with Gasteiger partial charge < -0.3 is 11.1 Å². The summed E-state index contributed by atoms with van der Waals surface area (Å²) >= 11 is 0. The Morgan fingerprint density at radius 3 is 2.42 bits per heavy atom. The molecule has 1 saturated heterocycles. The predicted octanol–water partition coefficient (Wildman–Crippen LogP) is 2.39. The van der Waals surface area contributed by atoms with Gasteiger partial charge in [-0.25, -0.2) is 5.43 Å². The highest BCUT2D eigenvalue weighted by atomic mass is 35.5. The molecule has 1 aromatic carbocycles. The van der Waals surface area contributed by atoms with Gasteiger partial charge in [-0.2, -0.15) is 0 Å². The number of nitrogens with one attached hydrogen (secondary N) is 3. The summed E-state index contributed by atoms with van der Waals surface area (Å²) in [5.74, 6) is 0.590. The maximum atomic E-state index is 12.3. The molecule has 5 N–H and O–H groups in total. The van der Waals surface area contributed by atoms with Crippen LogP contribution < -0.4 is 21.9 Å². The first kappa shape index (κ1) is 19.2. The Kier molecular flexibility index (Phi) is 7.49. The molecule has 1 aliphatic carbocycles.